The number of likely N-dealkylation sites (N-methyl/N-ethyl adjacent to an activating group) is 1. The Balaban J connectivity index is 1.89. The molecule has 0 aliphatic heterocycles. The largest absolute Gasteiger partial charge is 0.493 e. The van der Waals surface area contributed by atoms with Gasteiger partial charge in [-0.25, -0.2) is 4.79 Å². The Hall–Kier alpha value is -3.03. The second kappa shape index (κ2) is 9.61. The van der Waals surface area contributed by atoms with E-state index in [9.17, 15) is 14.4 Å². The van der Waals surface area contributed by atoms with E-state index < -0.39 is 5.97 Å². The van der Waals surface area contributed by atoms with Gasteiger partial charge in [-0.1, -0.05) is 6.07 Å². The molecule has 1 aromatic carbocycles. The molecule has 0 unspecified atom stereocenters. The number of hydrogen-bond donors (Lipinski definition) is 1. The predicted octanol–water partition coefficient (Wildman–Crippen LogP) is 0.997. The number of methoxy groups -OCH3 is 2. The monoisotopic (exact) mass is 376 g/mol. The highest BCUT2D eigenvalue weighted by Crippen LogP contribution is 2.28. The Bertz CT molecular complexity index is 727. The van der Waals surface area contributed by atoms with Crippen molar-refractivity contribution in [1.82, 2.24) is 10.2 Å². The first-order valence-electron chi connectivity index (χ1n) is 8.53. The second-order valence-electron chi connectivity index (χ2n) is 6.15. The number of carbonyl (C=O) groups is 3. The summed E-state index contributed by atoms with van der Waals surface area (Å²) < 4.78 is 15.3. The molecule has 27 heavy (non-hydrogen) atoms. The third-order valence-electron chi connectivity index (χ3n) is 3.90. The van der Waals surface area contributed by atoms with Crippen LogP contribution in [0.1, 0.15) is 18.4 Å². The van der Waals surface area contributed by atoms with Crippen molar-refractivity contribution >= 4 is 23.9 Å². The van der Waals surface area contributed by atoms with E-state index in [4.69, 9.17) is 9.47 Å². The number of carbonyl (C=O) groups excluding carboxylic acids is 3. The van der Waals surface area contributed by atoms with Gasteiger partial charge in [0.2, 0.25) is 5.91 Å². The molecule has 146 valence electrons. The van der Waals surface area contributed by atoms with Gasteiger partial charge in [0.15, 0.2) is 18.1 Å². The number of amides is 2. The zero-order chi connectivity index (χ0) is 19.8. The Kier molecular flexibility index (Phi) is 7.22. The lowest BCUT2D eigenvalue weighted by atomic mass is 10.2. The molecular formula is C19H24N2O6. The van der Waals surface area contributed by atoms with Crippen molar-refractivity contribution < 1.29 is 28.6 Å². The zero-order valence-electron chi connectivity index (χ0n) is 15.7. The van der Waals surface area contributed by atoms with Crippen molar-refractivity contribution in [3.8, 4) is 11.5 Å². The van der Waals surface area contributed by atoms with Crippen LogP contribution >= 0.6 is 0 Å². The van der Waals surface area contributed by atoms with Crippen molar-refractivity contribution in [3.05, 3.63) is 29.8 Å². The van der Waals surface area contributed by atoms with Gasteiger partial charge in [-0.3, -0.25) is 9.59 Å². The predicted molar refractivity (Wildman–Crippen MR) is 98.3 cm³/mol. The van der Waals surface area contributed by atoms with E-state index in [1.807, 2.05) is 0 Å². The maximum atomic E-state index is 12.1. The molecule has 8 nitrogen and oxygen atoms in total. The van der Waals surface area contributed by atoms with Crippen LogP contribution in [0.4, 0.5) is 0 Å². The molecule has 2 rings (SSSR count). The highest BCUT2D eigenvalue weighted by molar-refractivity contribution is 5.87. The molecule has 0 bridgehead atoms. The third-order valence-corrected chi connectivity index (χ3v) is 3.90. The smallest absolute Gasteiger partial charge is 0.330 e. The van der Waals surface area contributed by atoms with Crippen LogP contribution in [0, 0.1) is 0 Å². The summed E-state index contributed by atoms with van der Waals surface area (Å²) in [4.78, 5) is 36.4. The van der Waals surface area contributed by atoms with Gasteiger partial charge < -0.3 is 24.4 Å². The summed E-state index contributed by atoms with van der Waals surface area (Å²) in [5.74, 6) is -0.153. The van der Waals surface area contributed by atoms with Gasteiger partial charge in [-0.2, -0.15) is 0 Å². The first kappa shape index (κ1) is 20.3. The van der Waals surface area contributed by atoms with Crippen LogP contribution < -0.4 is 14.8 Å². The Morgan fingerprint density at radius 1 is 1.22 bits per heavy atom. The van der Waals surface area contributed by atoms with Crippen molar-refractivity contribution in [2.45, 2.75) is 18.9 Å². The summed E-state index contributed by atoms with van der Waals surface area (Å²) in [6.07, 6.45) is 4.87. The number of hydrogen-bond acceptors (Lipinski definition) is 6. The lowest BCUT2D eigenvalue weighted by molar-refractivity contribution is -0.136. The molecule has 1 fully saturated rings. The number of nitrogens with one attached hydrogen (secondary N) is 1. The van der Waals surface area contributed by atoms with Gasteiger partial charge in [0.25, 0.3) is 5.91 Å². The molecule has 1 aromatic rings. The zero-order valence-corrected chi connectivity index (χ0v) is 15.7. The van der Waals surface area contributed by atoms with Crippen molar-refractivity contribution in [2.75, 3.05) is 34.4 Å². The van der Waals surface area contributed by atoms with Gasteiger partial charge in [0, 0.05) is 19.2 Å². The van der Waals surface area contributed by atoms with Crippen molar-refractivity contribution in [2.24, 2.45) is 0 Å². The van der Waals surface area contributed by atoms with E-state index in [0.29, 0.717) is 17.1 Å². The molecule has 0 aromatic heterocycles. The van der Waals surface area contributed by atoms with Crippen LogP contribution in [0.5, 0.6) is 11.5 Å². The number of ether oxygens (including phenoxy) is 3. The summed E-state index contributed by atoms with van der Waals surface area (Å²) >= 11 is 0. The quantitative estimate of drug-likeness (QED) is 0.510. The van der Waals surface area contributed by atoms with E-state index in [1.54, 1.807) is 31.3 Å². The fourth-order valence-electron chi connectivity index (χ4n) is 2.19. The van der Waals surface area contributed by atoms with Gasteiger partial charge in [0.05, 0.1) is 20.8 Å². The third kappa shape index (κ3) is 6.65. The number of rotatable bonds is 9. The molecular weight excluding hydrogens is 352 g/mol. The highest BCUT2D eigenvalue weighted by atomic mass is 16.5. The summed E-state index contributed by atoms with van der Waals surface area (Å²) in [5.41, 5.74) is 0.713. The molecule has 1 aliphatic carbocycles. The van der Waals surface area contributed by atoms with E-state index in [1.165, 1.54) is 25.2 Å². The maximum Gasteiger partial charge on any atom is 0.330 e. The molecule has 0 radical (unpaired) electrons. The summed E-state index contributed by atoms with van der Waals surface area (Å²) in [6, 6.07) is 5.29. The SMILES string of the molecule is COC(=O)C=Cc1ccc(OCC(=O)N(C)CC(=O)NC2CC2)c(OC)c1. The van der Waals surface area contributed by atoms with Crippen LogP contribution in [-0.2, 0) is 19.1 Å². The summed E-state index contributed by atoms with van der Waals surface area (Å²) in [7, 11) is 4.33. The van der Waals surface area contributed by atoms with E-state index in [0.717, 1.165) is 12.8 Å². The van der Waals surface area contributed by atoms with Crippen molar-refractivity contribution in [1.29, 1.82) is 0 Å². The Morgan fingerprint density at radius 2 is 1.96 bits per heavy atom. The lowest BCUT2D eigenvalue weighted by Gasteiger charge is -2.18. The molecule has 0 heterocycles. The summed E-state index contributed by atoms with van der Waals surface area (Å²) in [5, 5.41) is 2.83. The van der Waals surface area contributed by atoms with E-state index in [2.05, 4.69) is 10.1 Å². The van der Waals surface area contributed by atoms with Crippen molar-refractivity contribution in [3.63, 3.8) is 0 Å². The molecule has 0 spiro atoms. The summed E-state index contributed by atoms with van der Waals surface area (Å²) in [6.45, 7) is -0.228. The number of nitrogens with zero attached hydrogens (tertiary/aromatic N) is 1. The molecule has 0 saturated heterocycles. The van der Waals surface area contributed by atoms with Gasteiger partial charge >= 0.3 is 5.97 Å². The second-order valence-corrected chi connectivity index (χ2v) is 6.15. The molecule has 1 N–H and O–H groups in total. The standard InChI is InChI=1S/C19H24N2O6/c1-21(11-17(22)20-14-6-7-14)18(23)12-27-15-8-4-13(10-16(15)25-2)5-9-19(24)26-3/h4-5,8-10,14H,6-7,11-12H2,1-3H3,(H,20,22). The minimum absolute atomic E-state index is 0.00686. The van der Waals surface area contributed by atoms with Gasteiger partial charge in [0.1, 0.15) is 0 Å². The van der Waals surface area contributed by atoms with E-state index in [-0.39, 0.29) is 31.0 Å². The Morgan fingerprint density at radius 3 is 2.59 bits per heavy atom. The molecule has 1 saturated carbocycles. The topological polar surface area (TPSA) is 94.2 Å². The minimum atomic E-state index is -0.464. The fourth-order valence-corrected chi connectivity index (χ4v) is 2.19. The van der Waals surface area contributed by atoms with E-state index >= 15 is 0 Å². The maximum absolute atomic E-state index is 12.1. The van der Waals surface area contributed by atoms with Crippen LogP contribution in [0.3, 0.4) is 0 Å². The number of benzene rings is 1. The van der Waals surface area contributed by atoms with Crippen LogP contribution in [0.25, 0.3) is 6.08 Å². The van der Waals surface area contributed by atoms with Gasteiger partial charge in [-0.05, 0) is 36.6 Å². The molecule has 0 atom stereocenters. The molecule has 8 heteroatoms. The fraction of sp³-hybridized carbons (Fsp3) is 0.421. The Labute approximate surface area is 158 Å². The van der Waals surface area contributed by atoms with Crippen LogP contribution in [0.15, 0.2) is 24.3 Å². The average Bonchev–Trinajstić information content (AvgIpc) is 3.47. The highest BCUT2D eigenvalue weighted by Gasteiger charge is 2.24. The lowest BCUT2D eigenvalue weighted by Crippen LogP contribution is -2.40. The first-order valence-corrected chi connectivity index (χ1v) is 8.53. The number of esters is 1. The molecule has 2 amide bonds. The first-order chi connectivity index (χ1) is 12.9. The minimum Gasteiger partial charge on any atom is -0.493 e. The van der Waals surface area contributed by atoms with Gasteiger partial charge in [-0.15, -0.1) is 0 Å². The van der Waals surface area contributed by atoms with Crippen LogP contribution in [-0.4, -0.2) is 63.1 Å². The molecule has 1 aliphatic rings. The average molecular weight is 376 g/mol. The van der Waals surface area contributed by atoms with Crippen LogP contribution in [0.2, 0.25) is 0 Å². The normalized spacial score (nSPS) is 13.1.